The fraction of sp³-hybridized carbons (Fsp3) is 0.500. The molecule has 0 bridgehead atoms. The maximum Gasteiger partial charge on any atom is 0.167 e. The molecule has 3 heteroatoms. The largest absolute Gasteiger partial charge is 0.367 e. The lowest BCUT2D eigenvalue weighted by Crippen LogP contribution is -2.10. The van der Waals surface area contributed by atoms with E-state index in [0.29, 0.717) is 0 Å². The summed E-state index contributed by atoms with van der Waals surface area (Å²) in [6, 6.07) is 1.77. The summed E-state index contributed by atoms with van der Waals surface area (Å²) in [5, 5.41) is 16.7. The predicted molar refractivity (Wildman–Crippen MR) is 32.4 cm³/mol. The molecule has 0 aliphatic heterocycles. The maximum absolute atomic E-state index is 8.69. The third kappa shape index (κ3) is 5.01. The lowest BCUT2D eigenvalue weighted by Gasteiger charge is -2.03. The van der Waals surface area contributed by atoms with Crippen LogP contribution in [0.15, 0.2) is 12.7 Å². The average molecular weight is 127 g/mol. The lowest BCUT2D eigenvalue weighted by atomic mass is 10.5. The molecule has 1 unspecified atom stereocenters. The van der Waals surface area contributed by atoms with E-state index in [-0.39, 0.29) is 13.0 Å². The Hall–Kier alpha value is -0.850. The van der Waals surface area contributed by atoms with Crippen LogP contribution in [0, 0.1) is 11.3 Å². The first-order valence-corrected chi connectivity index (χ1v) is 2.58. The molecule has 1 N–H and O–H groups in total. The molecule has 0 aromatic rings. The lowest BCUT2D eigenvalue weighted by molar-refractivity contribution is -0.0840. The highest BCUT2D eigenvalue weighted by molar-refractivity contribution is 4.71. The minimum absolute atomic E-state index is 0.00778. The standard InChI is InChI=1S/C6H9NO2/c1-2-5-9-6(8)3-4-7/h2,6,8H,1,3,5H2. The van der Waals surface area contributed by atoms with Gasteiger partial charge in [0.25, 0.3) is 0 Å². The Morgan fingerprint density at radius 2 is 2.56 bits per heavy atom. The van der Waals surface area contributed by atoms with Crippen LogP contribution in [0.25, 0.3) is 0 Å². The molecule has 0 saturated heterocycles. The smallest absolute Gasteiger partial charge is 0.167 e. The van der Waals surface area contributed by atoms with Crippen LogP contribution in [0.5, 0.6) is 0 Å². The molecule has 0 aliphatic rings. The molecule has 50 valence electrons. The SMILES string of the molecule is C=CCOC(O)CC#N. The van der Waals surface area contributed by atoms with Gasteiger partial charge in [-0.15, -0.1) is 6.58 Å². The fourth-order valence-electron chi connectivity index (χ4n) is 0.316. The average Bonchev–Trinajstić information content (AvgIpc) is 1.85. The first-order valence-electron chi connectivity index (χ1n) is 2.58. The molecular formula is C6H9NO2. The van der Waals surface area contributed by atoms with Crippen LogP contribution in [0.2, 0.25) is 0 Å². The number of nitrogens with zero attached hydrogens (tertiary/aromatic N) is 1. The molecule has 3 nitrogen and oxygen atoms in total. The molecule has 0 fully saturated rings. The molecule has 0 heterocycles. The molecule has 0 aromatic carbocycles. The van der Waals surface area contributed by atoms with Crippen LogP contribution in [-0.4, -0.2) is 18.0 Å². The van der Waals surface area contributed by atoms with Gasteiger partial charge in [0.15, 0.2) is 6.29 Å². The topological polar surface area (TPSA) is 53.2 Å². The zero-order valence-corrected chi connectivity index (χ0v) is 5.08. The van der Waals surface area contributed by atoms with Crippen LogP contribution in [0.1, 0.15) is 6.42 Å². The number of aliphatic hydroxyl groups excluding tert-OH is 1. The number of rotatable bonds is 4. The van der Waals surface area contributed by atoms with E-state index < -0.39 is 6.29 Å². The van der Waals surface area contributed by atoms with Crippen molar-refractivity contribution in [2.24, 2.45) is 0 Å². The zero-order valence-electron chi connectivity index (χ0n) is 5.08. The van der Waals surface area contributed by atoms with Crippen molar-refractivity contribution in [1.29, 1.82) is 5.26 Å². The minimum atomic E-state index is -0.965. The maximum atomic E-state index is 8.69. The highest BCUT2D eigenvalue weighted by Gasteiger charge is 1.98. The Kier molecular flexibility index (Phi) is 4.79. The van der Waals surface area contributed by atoms with Crippen molar-refractivity contribution < 1.29 is 9.84 Å². The Labute approximate surface area is 54.2 Å². The highest BCUT2D eigenvalue weighted by atomic mass is 16.6. The van der Waals surface area contributed by atoms with Crippen molar-refractivity contribution in [3.63, 3.8) is 0 Å². The van der Waals surface area contributed by atoms with E-state index >= 15 is 0 Å². The number of hydrogen-bond acceptors (Lipinski definition) is 3. The summed E-state index contributed by atoms with van der Waals surface area (Å²) in [4.78, 5) is 0. The van der Waals surface area contributed by atoms with Gasteiger partial charge in [-0.05, 0) is 0 Å². The second kappa shape index (κ2) is 5.29. The van der Waals surface area contributed by atoms with E-state index in [1.54, 1.807) is 6.07 Å². The van der Waals surface area contributed by atoms with Crippen LogP contribution in [-0.2, 0) is 4.74 Å². The van der Waals surface area contributed by atoms with Crippen molar-refractivity contribution >= 4 is 0 Å². The van der Waals surface area contributed by atoms with Crippen LogP contribution in [0.4, 0.5) is 0 Å². The van der Waals surface area contributed by atoms with Crippen molar-refractivity contribution in [1.82, 2.24) is 0 Å². The molecule has 0 amide bonds. The van der Waals surface area contributed by atoms with Gasteiger partial charge in [0, 0.05) is 0 Å². The van der Waals surface area contributed by atoms with Gasteiger partial charge in [-0.1, -0.05) is 6.08 Å². The molecule has 9 heavy (non-hydrogen) atoms. The second-order valence-electron chi connectivity index (χ2n) is 1.44. The van der Waals surface area contributed by atoms with Gasteiger partial charge in [-0.25, -0.2) is 0 Å². The monoisotopic (exact) mass is 127 g/mol. The summed E-state index contributed by atoms with van der Waals surface area (Å²) in [7, 11) is 0. The first-order chi connectivity index (χ1) is 4.31. The Balaban J connectivity index is 3.17. The highest BCUT2D eigenvalue weighted by Crippen LogP contribution is 1.90. The zero-order chi connectivity index (χ0) is 7.11. The van der Waals surface area contributed by atoms with Crippen molar-refractivity contribution in [3.8, 4) is 6.07 Å². The van der Waals surface area contributed by atoms with Crippen molar-refractivity contribution in [2.45, 2.75) is 12.7 Å². The van der Waals surface area contributed by atoms with Gasteiger partial charge in [0.05, 0.1) is 19.1 Å². The summed E-state index contributed by atoms with van der Waals surface area (Å²) < 4.78 is 4.65. The van der Waals surface area contributed by atoms with Crippen molar-refractivity contribution in [3.05, 3.63) is 12.7 Å². The molecule has 0 radical (unpaired) electrons. The van der Waals surface area contributed by atoms with E-state index in [4.69, 9.17) is 10.4 Å². The Bertz CT molecular complexity index is 117. The van der Waals surface area contributed by atoms with Crippen LogP contribution in [0.3, 0.4) is 0 Å². The van der Waals surface area contributed by atoms with Crippen LogP contribution < -0.4 is 0 Å². The normalized spacial score (nSPS) is 12.0. The fourth-order valence-corrected chi connectivity index (χ4v) is 0.316. The minimum Gasteiger partial charge on any atom is -0.367 e. The molecular weight excluding hydrogens is 118 g/mol. The van der Waals surface area contributed by atoms with E-state index in [0.717, 1.165) is 0 Å². The number of aliphatic hydroxyl groups is 1. The van der Waals surface area contributed by atoms with Gasteiger partial charge in [-0.2, -0.15) is 5.26 Å². The molecule has 0 aliphatic carbocycles. The summed E-state index contributed by atoms with van der Waals surface area (Å²) in [6.45, 7) is 3.65. The van der Waals surface area contributed by atoms with Gasteiger partial charge >= 0.3 is 0 Å². The van der Waals surface area contributed by atoms with Crippen molar-refractivity contribution in [2.75, 3.05) is 6.61 Å². The van der Waals surface area contributed by atoms with Gasteiger partial charge in [-0.3, -0.25) is 0 Å². The third-order valence-corrected chi connectivity index (χ3v) is 0.672. The Morgan fingerprint density at radius 3 is 3.00 bits per heavy atom. The van der Waals surface area contributed by atoms with Crippen LogP contribution >= 0.6 is 0 Å². The summed E-state index contributed by atoms with van der Waals surface area (Å²) in [5.41, 5.74) is 0. The Morgan fingerprint density at radius 1 is 1.89 bits per heavy atom. The van der Waals surface area contributed by atoms with E-state index in [9.17, 15) is 0 Å². The summed E-state index contributed by atoms with van der Waals surface area (Å²) in [6.07, 6.45) is 0.557. The van der Waals surface area contributed by atoms with Gasteiger partial charge < -0.3 is 9.84 Å². The predicted octanol–water partition coefficient (Wildman–Crippen LogP) is 0.421. The second-order valence-corrected chi connectivity index (χ2v) is 1.44. The molecule has 0 aromatic heterocycles. The van der Waals surface area contributed by atoms with E-state index in [1.807, 2.05) is 0 Å². The number of ether oxygens (including phenoxy) is 1. The first kappa shape index (κ1) is 8.15. The van der Waals surface area contributed by atoms with Gasteiger partial charge in [0.2, 0.25) is 0 Å². The summed E-state index contributed by atoms with van der Waals surface area (Å²) in [5.74, 6) is 0. The molecule has 1 atom stereocenters. The quantitative estimate of drug-likeness (QED) is 0.440. The summed E-state index contributed by atoms with van der Waals surface area (Å²) >= 11 is 0. The molecule has 0 saturated carbocycles. The van der Waals surface area contributed by atoms with E-state index in [1.165, 1.54) is 6.08 Å². The third-order valence-electron chi connectivity index (χ3n) is 0.672. The van der Waals surface area contributed by atoms with E-state index in [2.05, 4.69) is 11.3 Å². The molecule has 0 spiro atoms. The van der Waals surface area contributed by atoms with Gasteiger partial charge in [0.1, 0.15) is 0 Å². The number of hydrogen-bond donors (Lipinski definition) is 1. The molecule has 0 rings (SSSR count). The number of nitriles is 1.